The van der Waals surface area contributed by atoms with E-state index in [2.05, 4.69) is 9.88 Å². The second-order valence-electron chi connectivity index (χ2n) is 8.75. The van der Waals surface area contributed by atoms with Crippen LogP contribution in [0.1, 0.15) is 36.1 Å². The molecule has 2 saturated heterocycles. The first-order valence-electron chi connectivity index (χ1n) is 11.0. The van der Waals surface area contributed by atoms with Crippen LogP contribution in [0.25, 0.3) is 0 Å². The third-order valence-corrected chi connectivity index (χ3v) is 7.04. The summed E-state index contributed by atoms with van der Waals surface area (Å²) in [7, 11) is 0. The van der Waals surface area contributed by atoms with E-state index in [4.69, 9.17) is 9.72 Å². The van der Waals surface area contributed by atoms with Crippen LogP contribution in [0, 0.1) is 5.82 Å². The molecule has 0 saturated carbocycles. The average molecular weight is 426 g/mol. The monoisotopic (exact) mass is 426 g/mol. The molecule has 1 spiro atoms. The highest BCUT2D eigenvalue weighted by molar-refractivity contribution is 5.79. The molecular formula is C23H27FN4O3. The zero-order chi connectivity index (χ0) is 21.4. The maximum absolute atomic E-state index is 13.9. The number of aromatic amines is 1. The molecule has 7 nitrogen and oxygen atoms in total. The first kappa shape index (κ1) is 20.2. The maximum atomic E-state index is 13.9. The molecule has 0 unspecified atom stereocenters. The predicted octanol–water partition coefficient (Wildman–Crippen LogP) is 1.79. The Hall–Kier alpha value is -2.74. The molecule has 2 aromatic rings. The number of hydrogen-bond acceptors (Lipinski definition) is 5. The van der Waals surface area contributed by atoms with E-state index in [0.717, 1.165) is 36.9 Å². The Bertz CT molecular complexity index is 1040. The molecule has 3 heterocycles. The summed E-state index contributed by atoms with van der Waals surface area (Å²) in [6.45, 7) is 3.90. The maximum Gasteiger partial charge on any atom is 0.255 e. The standard InChI is InChI=1S/C23H27FN4O3/c24-18-4-2-1-3-16(18)15-19(29)27-9-7-23(8-10-27)6-5-17-20(23)25-22(26-21(17)30)28-11-13-31-14-12-28/h1-4H,5-15H2,(H,25,26,30). The van der Waals surface area contributed by atoms with Crippen LogP contribution >= 0.6 is 0 Å². The number of nitrogens with zero attached hydrogens (tertiary/aromatic N) is 3. The highest BCUT2D eigenvalue weighted by Crippen LogP contribution is 2.44. The molecule has 0 radical (unpaired) electrons. The molecule has 0 atom stereocenters. The summed E-state index contributed by atoms with van der Waals surface area (Å²) in [4.78, 5) is 37.3. The van der Waals surface area contributed by atoms with Gasteiger partial charge in [0.15, 0.2) is 0 Å². The summed E-state index contributed by atoms with van der Waals surface area (Å²) in [5.41, 5.74) is 1.95. The summed E-state index contributed by atoms with van der Waals surface area (Å²) in [5, 5.41) is 0. The zero-order valence-corrected chi connectivity index (χ0v) is 17.5. The largest absolute Gasteiger partial charge is 0.378 e. The number of carbonyl (C=O) groups excluding carboxylic acids is 1. The van der Waals surface area contributed by atoms with Gasteiger partial charge in [-0.1, -0.05) is 18.2 Å². The van der Waals surface area contributed by atoms with Crippen LogP contribution in [0.2, 0.25) is 0 Å². The molecule has 1 aromatic heterocycles. The molecule has 31 heavy (non-hydrogen) atoms. The van der Waals surface area contributed by atoms with Crippen molar-refractivity contribution in [1.82, 2.24) is 14.9 Å². The van der Waals surface area contributed by atoms with Gasteiger partial charge in [-0.25, -0.2) is 9.37 Å². The SMILES string of the molecule is O=C(Cc1ccccc1F)N1CCC2(CCc3c2nc(N2CCOCC2)[nH]c3=O)CC1. The fourth-order valence-corrected chi connectivity index (χ4v) is 5.15. The third kappa shape index (κ3) is 3.73. The summed E-state index contributed by atoms with van der Waals surface area (Å²) in [5.74, 6) is 0.241. The summed E-state index contributed by atoms with van der Waals surface area (Å²) in [6.07, 6.45) is 3.25. The highest BCUT2D eigenvalue weighted by Gasteiger charge is 2.44. The number of morpholine rings is 1. The molecule has 164 valence electrons. The molecule has 1 amide bonds. The number of carbonyl (C=O) groups is 1. The number of aromatic nitrogens is 2. The van der Waals surface area contributed by atoms with Crippen LogP contribution < -0.4 is 10.5 Å². The molecular weight excluding hydrogens is 399 g/mol. The molecule has 2 fully saturated rings. The highest BCUT2D eigenvalue weighted by atomic mass is 19.1. The van der Waals surface area contributed by atoms with Crippen LogP contribution in [0.5, 0.6) is 0 Å². The number of hydrogen-bond donors (Lipinski definition) is 1. The van der Waals surface area contributed by atoms with Gasteiger partial charge in [-0.15, -0.1) is 0 Å². The van der Waals surface area contributed by atoms with Gasteiger partial charge in [-0.3, -0.25) is 14.6 Å². The zero-order valence-electron chi connectivity index (χ0n) is 17.5. The van der Waals surface area contributed by atoms with Crippen LogP contribution in [0.3, 0.4) is 0 Å². The van der Waals surface area contributed by atoms with E-state index in [-0.39, 0.29) is 29.1 Å². The van der Waals surface area contributed by atoms with Crippen molar-refractivity contribution in [3.8, 4) is 0 Å². The van der Waals surface area contributed by atoms with E-state index in [1.165, 1.54) is 6.07 Å². The van der Waals surface area contributed by atoms with Crippen molar-refractivity contribution in [3.63, 3.8) is 0 Å². The van der Waals surface area contributed by atoms with Gasteiger partial charge in [0.05, 0.1) is 25.3 Å². The number of likely N-dealkylation sites (tertiary alicyclic amines) is 1. The number of H-pyrrole nitrogens is 1. The van der Waals surface area contributed by atoms with Crippen molar-refractivity contribution in [3.05, 3.63) is 57.3 Å². The van der Waals surface area contributed by atoms with Crippen molar-refractivity contribution < 1.29 is 13.9 Å². The number of amides is 1. The van der Waals surface area contributed by atoms with E-state index < -0.39 is 0 Å². The van der Waals surface area contributed by atoms with E-state index in [9.17, 15) is 14.0 Å². The van der Waals surface area contributed by atoms with E-state index in [0.29, 0.717) is 50.9 Å². The van der Waals surface area contributed by atoms with Crippen LogP contribution in [0.4, 0.5) is 10.3 Å². The first-order chi connectivity index (χ1) is 15.1. The Balaban J connectivity index is 1.32. The van der Waals surface area contributed by atoms with Crippen molar-refractivity contribution in [1.29, 1.82) is 0 Å². The Labute approximate surface area is 180 Å². The third-order valence-electron chi connectivity index (χ3n) is 7.04. The molecule has 2 aliphatic heterocycles. The van der Waals surface area contributed by atoms with E-state index in [1.54, 1.807) is 18.2 Å². The molecule has 3 aliphatic rings. The second-order valence-corrected chi connectivity index (χ2v) is 8.75. The van der Waals surface area contributed by atoms with Crippen molar-refractivity contribution in [2.24, 2.45) is 0 Å². The van der Waals surface area contributed by atoms with Crippen LogP contribution in [0.15, 0.2) is 29.1 Å². The number of rotatable bonds is 3. The van der Waals surface area contributed by atoms with Crippen LogP contribution in [-0.4, -0.2) is 60.2 Å². The number of fused-ring (bicyclic) bond motifs is 2. The summed E-state index contributed by atoms with van der Waals surface area (Å²) in [6, 6.07) is 6.43. The average Bonchev–Trinajstić information content (AvgIpc) is 3.15. The number of halogens is 1. The Kier molecular flexibility index (Phi) is 5.25. The lowest BCUT2D eigenvalue weighted by atomic mass is 9.76. The molecule has 1 aromatic carbocycles. The molecule has 1 N–H and O–H groups in total. The number of benzene rings is 1. The quantitative estimate of drug-likeness (QED) is 0.810. The van der Waals surface area contributed by atoms with Crippen molar-refractivity contribution in [2.75, 3.05) is 44.3 Å². The lowest BCUT2D eigenvalue weighted by Crippen LogP contribution is -2.45. The Morgan fingerprint density at radius 3 is 2.61 bits per heavy atom. The second kappa shape index (κ2) is 8.07. The van der Waals surface area contributed by atoms with Crippen molar-refractivity contribution in [2.45, 2.75) is 37.5 Å². The normalized spacial score (nSPS) is 20.2. The number of piperidine rings is 1. The van der Waals surface area contributed by atoms with E-state index >= 15 is 0 Å². The van der Waals surface area contributed by atoms with E-state index in [1.807, 2.05) is 4.90 Å². The Morgan fingerprint density at radius 2 is 1.87 bits per heavy atom. The lowest BCUT2D eigenvalue weighted by molar-refractivity contribution is -0.132. The van der Waals surface area contributed by atoms with Gasteiger partial charge in [0.1, 0.15) is 5.82 Å². The van der Waals surface area contributed by atoms with Crippen LogP contribution in [-0.2, 0) is 27.8 Å². The summed E-state index contributed by atoms with van der Waals surface area (Å²) >= 11 is 0. The van der Waals surface area contributed by atoms with Gasteiger partial charge in [0.25, 0.3) is 5.56 Å². The van der Waals surface area contributed by atoms with Gasteiger partial charge in [0, 0.05) is 37.2 Å². The fraction of sp³-hybridized carbons (Fsp3) is 0.522. The Morgan fingerprint density at radius 1 is 1.13 bits per heavy atom. The molecule has 1 aliphatic carbocycles. The fourth-order valence-electron chi connectivity index (χ4n) is 5.15. The van der Waals surface area contributed by atoms with Gasteiger partial charge < -0.3 is 14.5 Å². The molecule has 8 heteroatoms. The lowest BCUT2D eigenvalue weighted by Gasteiger charge is -2.39. The molecule has 0 bridgehead atoms. The van der Waals surface area contributed by atoms with Gasteiger partial charge >= 0.3 is 0 Å². The minimum Gasteiger partial charge on any atom is -0.378 e. The van der Waals surface area contributed by atoms with Gasteiger partial charge in [0.2, 0.25) is 11.9 Å². The first-order valence-corrected chi connectivity index (χ1v) is 11.0. The minimum atomic E-state index is -0.340. The van der Waals surface area contributed by atoms with Gasteiger partial charge in [-0.05, 0) is 37.3 Å². The number of ether oxygens (including phenoxy) is 1. The summed E-state index contributed by atoms with van der Waals surface area (Å²) < 4.78 is 19.3. The van der Waals surface area contributed by atoms with Gasteiger partial charge in [-0.2, -0.15) is 0 Å². The molecule has 5 rings (SSSR count). The predicted molar refractivity (Wildman–Crippen MR) is 114 cm³/mol. The number of anilines is 1. The minimum absolute atomic E-state index is 0.0403. The number of nitrogens with one attached hydrogen (secondary N) is 1. The topological polar surface area (TPSA) is 78.5 Å². The smallest absolute Gasteiger partial charge is 0.255 e. The van der Waals surface area contributed by atoms with Crippen molar-refractivity contribution >= 4 is 11.9 Å².